The number of hydrogen-bond donors (Lipinski definition) is 1. The van der Waals surface area contributed by atoms with E-state index in [1.807, 2.05) is 0 Å². The average molecular weight is 220 g/mol. The Morgan fingerprint density at radius 2 is 2.19 bits per heavy atom. The molecule has 88 valence electrons. The van der Waals surface area contributed by atoms with Gasteiger partial charge in [0.05, 0.1) is 5.69 Å². The monoisotopic (exact) mass is 220 g/mol. The van der Waals surface area contributed by atoms with E-state index in [0.717, 1.165) is 18.7 Å². The Balaban J connectivity index is 1.58. The van der Waals surface area contributed by atoms with Crippen LogP contribution >= 0.6 is 0 Å². The van der Waals surface area contributed by atoms with Gasteiger partial charge in [-0.25, -0.2) is 0 Å². The highest BCUT2D eigenvalue weighted by atomic mass is 16.5. The fourth-order valence-corrected chi connectivity index (χ4v) is 2.66. The fourth-order valence-electron chi connectivity index (χ4n) is 2.66. The van der Waals surface area contributed by atoms with Crippen LogP contribution in [0.1, 0.15) is 55.9 Å². The molecule has 2 fully saturated rings. The van der Waals surface area contributed by atoms with Crippen molar-refractivity contribution in [2.24, 2.45) is 0 Å². The molecule has 0 aromatic carbocycles. The van der Waals surface area contributed by atoms with Gasteiger partial charge in [-0.2, -0.15) is 0 Å². The van der Waals surface area contributed by atoms with Crippen LogP contribution in [0.3, 0.4) is 0 Å². The van der Waals surface area contributed by atoms with E-state index >= 15 is 0 Å². The van der Waals surface area contributed by atoms with Gasteiger partial charge >= 0.3 is 0 Å². The third-order valence-electron chi connectivity index (χ3n) is 3.96. The first kappa shape index (κ1) is 10.3. The summed E-state index contributed by atoms with van der Waals surface area (Å²) in [5.74, 6) is 1.76. The predicted octanol–water partition coefficient (Wildman–Crippen LogP) is 2.63. The molecule has 16 heavy (non-hydrogen) atoms. The molecule has 2 heterocycles. The van der Waals surface area contributed by atoms with Gasteiger partial charge in [-0.05, 0) is 32.2 Å². The summed E-state index contributed by atoms with van der Waals surface area (Å²) in [7, 11) is 0. The molecule has 0 spiro atoms. The van der Waals surface area contributed by atoms with E-state index in [4.69, 9.17) is 4.52 Å². The third kappa shape index (κ3) is 2.14. The van der Waals surface area contributed by atoms with Crippen molar-refractivity contribution in [3.63, 3.8) is 0 Å². The van der Waals surface area contributed by atoms with Crippen LogP contribution in [0.25, 0.3) is 0 Å². The second-order valence-electron chi connectivity index (χ2n) is 5.20. The molecule has 1 aliphatic heterocycles. The molecule has 1 aromatic rings. The van der Waals surface area contributed by atoms with Crippen LogP contribution in [0.5, 0.6) is 0 Å². The van der Waals surface area contributed by atoms with Crippen LogP contribution in [-0.4, -0.2) is 17.7 Å². The smallest absolute Gasteiger partial charge is 0.138 e. The van der Waals surface area contributed by atoms with Gasteiger partial charge < -0.3 is 9.84 Å². The van der Waals surface area contributed by atoms with Crippen LogP contribution in [0.4, 0.5) is 0 Å². The lowest BCUT2D eigenvalue weighted by molar-refractivity contribution is 0.323. The minimum absolute atomic E-state index is 0.607. The van der Waals surface area contributed by atoms with Gasteiger partial charge in [-0.3, -0.25) is 0 Å². The van der Waals surface area contributed by atoms with Crippen molar-refractivity contribution in [3.8, 4) is 0 Å². The predicted molar refractivity (Wildman–Crippen MR) is 62.4 cm³/mol. The minimum Gasteiger partial charge on any atom is -0.361 e. The zero-order chi connectivity index (χ0) is 10.8. The maximum Gasteiger partial charge on any atom is 0.138 e. The van der Waals surface area contributed by atoms with Gasteiger partial charge in [0.15, 0.2) is 0 Å². The van der Waals surface area contributed by atoms with Crippen LogP contribution in [0.2, 0.25) is 0 Å². The Labute approximate surface area is 96.6 Å². The molecule has 0 radical (unpaired) electrons. The van der Waals surface area contributed by atoms with Crippen LogP contribution in [0, 0.1) is 0 Å². The molecule has 3 rings (SSSR count). The lowest BCUT2D eigenvalue weighted by Gasteiger charge is -2.22. The first-order valence-corrected chi connectivity index (χ1v) is 6.61. The summed E-state index contributed by atoms with van der Waals surface area (Å²) in [6.07, 6.45) is 8.92. The second kappa shape index (κ2) is 4.58. The van der Waals surface area contributed by atoms with E-state index in [1.165, 1.54) is 44.2 Å². The van der Waals surface area contributed by atoms with E-state index in [0.29, 0.717) is 12.0 Å². The molecule has 2 aliphatic rings. The van der Waals surface area contributed by atoms with Crippen molar-refractivity contribution in [3.05, 3.63) is 17.5 Å². The molecule has 0 amide bonds. The van der Waals surface area contributed by atoms with Gasteiger partial charge in [0, 0.05) is 24.4 Å². The van der Waals surface area contributed by atoms with Gasteiger partial charge in [0.25, 0.3) is 0 Å². The quantitative estimate of drug-likeness (QED) is 0.851. The number of nitrogens with zero attached hydrogens (tertiary/aromatic N) is 1. The molecule has 3 nitrogen and oxygen atoms in total. The zero-order valence-electron chi connectivity index (χ0n) is 9.74. The summed E-state index contributed by atoms with van der Waals surface area (Å²) >= 11 is 0. The van der Waals surface area contributed by atoms with Gasteiger partial charge in [-0.1, -0.05) is 18.0 Å². The lowest BCUT2D eigenvalue weighted by atomic mass is 9.83. The van der Waals surface area contributed by atoms with E-state index in [9.17, 15) is 0 Å². The molecule has 1 atom stereocenters. The van der Waals surface area contributed by atoms with E-state index in [-0.39, 0.29) is 0 Å². The summed E-state index contributed by atoms with van der Waals surface area (Å²) in [5, 5.41) is 7.75. The molecule has 1 saturated heterocycles. The van der Waals surface area contributed by atoms with Crippen molar-refractivity contribution < 1.29 is 4.52 Å². The standard InChI is InChI=1S/C13H20N2O/c1-2-7-14-11(6-1)8-12-9-13(15-16-12)10-4-3-5-10/h9-11,14H,1-8H2. The Morgan fingerprint density at radius 3 is 2.88 bits per heavy atom. The van der Waals surface area contributed by atoms with Crippen molar-refractivity contribution in [1.82, 2.24) is 10.5 Å². The molecule has 1 N–H and O–H groups in total. The number of rotatable bonds is 3. The Kier molecular flexibility index (Phi) is 2.96. The molecule has 3 heteroatoms. The van der Waals surface area contributed by atoms with Gasteiger partial charge in [-0.15, -0.1) is 0 Å². The maximum absolute atomic E-state index is 5.43. The first-order chi connectivity index (χ1) is 7.92. The maximum atomic E-state index is 5.43. The minimum atomic E-state index is 0.607. The highest BCUT2D eigenvalue weighted by Crippen LogP contribution is 2.35. The fraction of sp³-hybridized carbons (Fsp3) is 0.769. The summed E-state index contributed by atoms with van der Waals surface area (Å²) in [6.45, 7) is 1.16. The Morgan fingerprint density at radius 1 is 1.25 bits per heavy atom. The molecule has 1 unspecified atom stereocenters. The van der Waals surface area contributed by atoms with Gasteiger partial charge in [0.1, 0.15) is 5.76 Å². The first-order valence-electron chi connectivity index (χ1n) is 6.61. The van der Waals surface area contributed by atoms with Crippen LogP contribution < -0.4 is 5.32 Å². The largest absolute Gasteiger partial charge is 0.361 e. The average Bonchev–Trinajstić information content (AvgIpc) is 2.65. The van der Waals surface area contributed by atoms with E-state index < -0.39 is 0 Å². The van der Waals surface area contributed by atoms with Crippen molar-refractivity contribution in [1.29, 1.82) is 0 Å². The van der Waals surface area contributed by atoms with Gasteiger partial charge in [0.2, 0.25) is 0 Å². The topological polar surface area (TPSA) is 38.1 Å². The summed E-state index contributed by atoms with van der Waals surface area (Å²) < 4.78 is 5.43. The molecule has 1 aliphatic carbocycles. The van der Waals surface area contributed by atoms with E-state index in [1.54, 1.807) is 0 Å². The number of nitrogens with one attached hydrogen (secondary N) is 1. The zero-order valence-corrected chi connectivity index (χ0v) is 9.74. The van der Waals surface area contributed by atoms with Crippen LogP contribution in [0.15, 0.2) is 10.6 Å². The summed E-state index contributed by atoms with van der Waals surface area (Å²) in [6, 6.07) is 2.79. The summed E-state index contributed by atoms with van der Waals surface area (Å²) in [5.41, 5.74) is 1.19. The SMILES string of the molecule is c1c(C2CCC2)noc1CC1CCCCN1. The number of aromatic nitrogens is 1. The van der Waals surface area contributed by atoms with Crippen molar-refractivity contribution in [2.45, 2.75) is 56.9 Å². The molecular weight excluding hydrogens is 200 g/mol. The highest BCUT2D eigenvalue weighted by molar-refractivity contribution is 5.13. The van der Waals surface area contributed by atoms with E-state index in [2.05, 4.69) is 16.5 Å². The molecule has 1 saturated carbocycles. The number of hydrogen-bond acceptors (Lipinski definition) is 3. The normalized spacial score (nSPS) is 26.6. The number of piperidine rings is 1. The highest BCUT2D eigenvalue weighted by Gasteiger charge is 2.24. The Bertz CT molecular complexity index is 337. The van der Waals surface area contributed by atoms with Crippen molar-refractivity contribution >= 4 is 0 Å². The summed E-state index contributed by atoms with van der Waals surface area (Å²) in [4.78, 5) is 0. The molecule has 1 aromatic heterocycles. The molecule has 0 bridgehead atoms. The van der Waals surface area contributed by atoms with Crippen LogP contribution in [-0.2, 0) is 6.42 Å². The lowest BCUT2D eigenvalue weighted by Crippen LogP contribution is -2.35. The third-order valence-corrected chi connectivity index (χ3v) is 3.96. The second-order valence-corrected chi connectivity index (χ2v) is 5.20. The molecular formula is C13H20N2O. The Hall–Kier alpha value is -0.830. The van der Waals surface area contributed by atoms with Crippen molar-refractivity contribution in [2.75, 3.05) is 6.54 Å².